The zero-order valence-corrected chi connectivity index (χ0v) is 10.5. The minimum atomic E-state index is -0.342. The maximum atomic E-state index is 11.6. The van der Waals surface area contributed by atoms with Crippen LogP contribution in [0.3, 0.4) is 0 Å². The lowest BCUT2D eigenvalue weighted by Crippen LogP contribution is -2.23. The third kappa shape index (κ3) is 2.67. The molecule has 0 unspecified atom stereocenters. The third-order valence-electron chi connectivity index (χ3n) is 3.16. The summed E-state index contributed by atoms with van der Waals surface area (Å²) in [5.41, 5.74) is 1.81. The summed E-state index contributed by atoms with van der Waals surface area (Å²) >= 11 is 0. The molecular formula is C13H16N2O3. The van der Waals surface area contributed by atoms with E-state index in [1.165, 1.54) is 11.0 Å². The summed E-state index contributed by atoms with van der Waals surface area (Å²) < 4.78 is 0. The van der Waals surface area contributed by atoms with Crippen LogP contribution in [0.4, 0.5) is 5.69 Å². The third-order valence-corrected chi connectivity index (χ3v) is 3.16. The quantitative estimate of drug-likeness (QED) is 0.605. The lowest BCUT2D eigenvalue weighted by Gasteiger charge is -2.11. The van der Waals surface area contributed by atoms with Gasteiger partial charge in [-0.25, -0.2) is 0 Å². The fourth-order valence-electron chi connectivity index (χ4n) is 1.93. The van der Waals surface area contributed by atoms with Crippen molar-refractivity contribution in [2.75, 3.05) is 14.1 Å². The largest absolute Gasteiger partial charge is 0.349 e. The molecule has 96 valence electrons. The highest BCUT2D eigenvalue weighted by Gasteiger charge is 2.30. The van der Waals surface area contributed by atoms with Gasteiger partial charge in [0.2, 0.25) is 5.91 Å². The highest BCUT2D eigenvalue weighted by Crippen LogP contribution is 2.44. The Hall–Kier alpha value is -1.91. The second-order valence-electron chi connectivity index (χ2n) is 4.89. The van der Waals surface area contributed by atoms with Gasteiger partial charge in [0.25, 0.3) is 5.69 Å². The second kappa shape index (κ2) is 4.76. The molecule has 1 amide bonds. The molecule has 18 heavy (non-hydrogen) atoms. The van der Waals surface area contributed by atoms with Gasteiger partial charge in [-0.3, -0.25) is 14.9 Å². The Morgan fingerprint density at radius 3 is 2.61 bits per heavy atom. The minimum absolute atomic E-state index is 0.00519. The Morgan fingerprint density at radius 1 is 1.44 bits per heavy atom. The SMILES string of the molecule is CN(C)C(=O)Cc1ccc([N+](=O)[O-])c(C2CC2)c1. The molecule has 0 N–H and O–H groups in total. The Kier molecular flexibility index (Phi) is 3.32. The molecule has 0 radical (unpaired) electrons. The van der Waals surface area contributed by atoms with Crippen molar-refractivity contribution in [2.24, 2.45) is 0 Å². The first kappa shape index (κ1) is 12.5. The molecule has 0 saturated heterocycles. The van der Waals surface area contributed by atoms with Crippen LogP contribution in [-0.4, -0.2) is 29.8 Å². The number of likely N-dealkylation sites (N-methyl/N-ethyl adjacent to an activating group) is 1. The topological polar surface area (TPSA) is 63.5 Å². The van der Waals surface area contributed by atoms with Gasteiger partial charge in [-0.05, 0) is 30.4 Å². The van der Waals surface area contributed by atoms with Gasteiger partial charge < -0.3 is 4.90 Å². The fraction of sp³-hybridized carbons (Fsp3) is 0.462. The van der Waals surface area contributed by atoms with E-state index < -0.39 is 0 Å². The molecule has 1 aliphatic carbocycles. The molecule has 1 aliphatic rings. The molecule has 1 aromatic rings. The molecule has 0 spiro atoms. The second-order valence-corrected chi connectivity index (χ2v) is 4.89. The van der Waals surface area contributed by atoms with Gasteiger partial charge in [0.15, 0.2) is 0 Å². The maximum Gasteiger partial charge on any atom is 0.272 e. The Labute approximate surface area is 106 Å². The summed E-state index contributed by atoms with van der Waals surface area (Å²) in [6.07, 6.45) is 2.31. The number of benzene rings is 1. The fourth-order valence-corrected chi connectivity index (χ4v) is 1.93. The molecule has 0 heterocycles. The highest BCUT2D eigenvalue weighted by atomic mass is 16.6. The number of hydrogen-bond acceptors (Lipinski definition) is 3. The summed E-state index contributed by atoms with van der Waals surface area (Å²) in [6, 6.07) is 5.01. The normalized spacial score (nSPS) is 14.3. The van der Waals surface area contributed by atoms with E-state index in [-0.39, 0.29) is 16.5 Å². The van der Waals surface area contributed by atoms with E-state index >= 15 is 0 Å². The number of hydrogen-bond donors (Lipinski definition) is 0. The molecule has 5 heteroatoms. The molecule has 1 fully saturated rings. The first-order valence-corrected chi connectivity index (χ1v) is 5.96. The molecule has 1 aromatic carbocycles. The first-order chi connectivity index (χ1) is 8.49. The number of amides is 1. The zero-order chi connectivity index (χ0) is 13.3. The van der Waals surface area contributed by atoms with Crippen LogP contribution in [0.25, 0.3) is 0 Å². The van der Waals surface area contributed by atoms with Crippen molar-refractivity contribution in [1.82, 2.24) is 4.90 Å². The van der Waals surface area contributed by atoms with Gasteiger partial charge in [-0.1, -0.05) is 6.07 Å². The van der Waals surface area contributed by atoms with Gasteiger partial charge >= 0.3 is 0 Å². The van der Waals surface area contributed by atoms with Crippen LogP contribution in [0.5, 0.6) is 0 Å². The molecule has 0 atom stereocenters. The van der Waals surface area contributed by atoms with Gasteiger partial charge in [0.05, 0.1) is 11.3 Å². The van der Waals surface area contributed by atoms with Crippen molar-refractivity contribution >= 4 is 11.6 Å². The van der Waals surface area contributed by atoms with Crippen LogP contribution < -0.4 is 0 Å². The Morgan fingerprint density at radius 2 is 2.11 bits per heavy atom. The Bertz CT molecular complexity index is 493. The van der Waals surface area contributed by atoms with Crippen LogP contribution in [0.1, 0.15) is 29.9 Å². The molecular weight excluding hydrogens is 232 g/mol. The van der Waals surface area contributed by atoms with E-state index in [2.05, 4.69) is 0 Å². The monoisotopic (exact) mass is 248 g/mol. The molecule has 1 saturated carbocycles. The summed E-state index contributed by atoms with van der Waals surface area (Å²) in [5.74, 6) is 0.311. The van der Waals surface area contributed by atoms with Crippen molar-refractivity contribution < 1.29 is 9.72 Å². The maximum absolute atomic E-state index is 11.6. The predicted octanol–water partition coefficient (Wildman–Crippen LogP) is 2.10. The van der Waals surface area contributed by atoms with Crippen LogP contribution in [0.15, 0.2) is 18.2 Å². The van der Waals surface area contributed by atoms with Gasteiger partial charge in [-0.15, -0.1) is 0 Å². The lowest BCUT2D eigenvalue weighted by molar-refractivity contribution is -0.385. The molecule has 0 aliphatic heterocycles. The predicted molar refractivity (Wildman–Crippen MR) is 67.5 cm³/mol. The standard InChI is InChI=1S/C13H16N2O3/c1-14(2)13(16)8-9-3-6-12(15(17)18)11(7-9)10-4-5-10/h3,6-7,10H,4-5,8H2,1-2H3. The van der Waals surface area contributed by atoms with Crippen molar-refractivity contribution in [1.29, 1.82) is 0 Å². The number of carbonyl (C=O) groups excluding carboxylic acids is 1. The first-order valence-electron chi connectivity index (χ1n) is 5.96. The highest BCUT2D eigenvalue weighted by molar-refractivity contribution is 5.78. The lowest BCUT2D eigenvalue weighted by atomic mass is 10.0. The van der Waals surface area contributed by atoms with Crippen molar-refractivity contribution in [2.45, 2.75) is 25.2 Å². The van der Waals surface area contributed by atoms with Crippen LogP contribution in [-0.2, 0) is 11.2 Å². The molecule has 2 rings (SSSR count). The summed E-state index contributed by atoms with van der Waals surface area (Å²) in [6.45, 7) is 0. The van der Waals surface area contributed by atoms with E-state index in [0.29, 0.717) is 12.3 Å². The van der Waals surface area contributed by atoms with Crippen molar-refractivity contribution in [3.05, 3.63) is 39.4 Å². The van der Waals surface area contributed by atoms with E-state index in [4.69, 9.17) is 0 Å². The number of rotatable bonds is 4. The van der Waals surface area contributed by atoms with Crippen molar-refractivity contribution in [3.8, 4) is 0 Å². The number of nitrogens with zero attached hydrogens (tertiary/aromatic N) is 2. The summed E-state index contributed by atoms with van der Waals surface area (Å²) in [7, 11) is 3.41. The average molecular weight is 248 g/mol. The van der Waals surface area contributed by atoms with E-state index in [1.807, 2.05) is 6.07 Å². The summed E-state index contributed by atoms with van der Waals surface area (Å²) in [4.78, 5) is 23.7. The molecule has 0 bridgehead atoms. The summed E-state index contributed by atoms with van der Waals surface area (Å²) in [5, 5.41) is 10.9. The molecule has 5 nitrogen and oxygen atoms in total. The van der Waals surface area contributed by atoms with E-state index in [1.54, 1.807) is 20.2 Å². The van der Waals surface area contributed by atoms with E-state index in [0.717, 1.165) is 24.0 Å². The number of nitro benzene ring substituents is 1. The van der Waals surface area contributed by atoms with Gasteiger partial charge in [0, 0.05) is 25.7 Å². The van der Waals surface area contributed by atoms with Gasteiger partial charge in [-0.2, -0.15) is 0 Å². The van der Waals surface area contributed by atoms with Crippen molar-refractivity contribution in [3.63, 3.8) is 0 Å². The smallest absolute Gasteiger partial charge is 0.272 e. The zero-order valence-electron chi connectivity index (χ0n) is 10.5. The Balaban J connectivity index is 2.26. The van der Waals surface area contributed by atoms with Gasteiger partial charge in [0.1, 0.15) is 0 Å². The van der Waals surface area contributed by atoms with Crippen LogP contribution >= 0.6 is 0 Å². The number of carbonyl (C=O) groups is 1. The van der Waals surface area contributed by atoms with E-state index in [9.17, 15) is 14.9 Å². The average Bonchev–Trinajstić information content (AvgIpc) is 3.12. The number of nitro groups is 1. The minimum Gasteiger partial charge on any atom is -0.349 e. The van der Waals surface area contributed by atoms with Crippen LogP contribution in [0.2, 0.25) is 0 Å². The van der Waals surface area contributed by atoms with Crippen LogP contribution in [0, 0.1) is 10.1 Å². The molecule has 0 aromatic heterocycles.